The molecule has 0 N–H and O–H groups in total. The first kappa shape index (κ1) is 11.4. The summed E-state index contributed by atoms with van der Waals surface area (Å²) in [4.78, 5) is 14.9. The predicted octanol–water partition coefficient (Wildman–Crippen LogP) is 3.74. The van der Waals surface area contributed by atoms with Crippen molar-refractivity contribution < 1.29 is 4.79 Å². The van der Waals surface area contributed by atoms with E-state index >= 15 is 0 Å². The van der Waals surface area contributed by atoms with Gasteiger partial charge in [-0.05, 0) is 17.5 Å². The number of nitrogens with zero attached hydrogens (tertiary/aromatic N) is 1. The smallest absolute Gasteiger partial charge is 0.155 e. The molecule has 2 nitrogen and oxygen atoms in total. The number of para-hydroxylation sites is 1. The molecule has 2 rings (SSSR count). The lowest BCUT2D eigenvalue weighted by atomic mass is 10.2. The summed E-state index contributed by atoms with van der Waals surface area (Å²) in [5, 5.41) is 1.93. The lowest BCUT2D eigenvalue weighted by molar-refractivity contribution is -0.109. The molecule has 0 spiro atoms. The van der Waals surface area contributed by atoms with Gasteiger partial charge in [-0.15, -0.1) is 11.3 Å². The van der Waals surface area contributed by atoms with Crippen LogP contribution in [0.1, 0.15) is 6.92 Å². The van der Waals surface area contributed by atoms with E-state index in [2.05, 4.69) is 11.1 Å². The molecule has 0 fully saturated rings. The Hall–Kier alpha value is -1.13. The summed E-state index contributed by atoms with van der Waals surface area (Å²) >= 11 is 3.23. The molecule has 0 saturated carbocycles. The molecule has 16 heavy (non-hydrogen) atoms. The third-order valence-corrected chi connectivity index (χ3v) is 4.00. The first-order valence-electron chi connectivity index (χ1n) is 4.94. The number of rotatable bonds is 4. The minimum absolute atomic E-state index is 0.0260. The molecule has 1 aromatic heterocycles. The fourth-order valence-electron chi connectivity index (χ4n) is 1.17. The van der Waals surface area contributed by atoms with Crippen molar-refractivity contribution in [2.24, 2.45) is 5.92 Å². The summed E-state index contributed by atoms with van der Waals surface area (Å²) < 4.78 is 2.21. The summed E-state index contributed by atoms with van der Waals surface area (Å²) in [5.41, 5.74) is 1.03. The molecular weight excluding hydrogens is 238 g/mol. The standard InChI is InChI=1S/C12H11NOS2/c1-9(8-14)6-7-15-12-13-10-4-2-3-5-11(10)16-12/h2-9H,1H3/b7-6+. The molecule has 2 aromatic rings. The second kappa shape index (κ2) is 5.27. The SMILES string of the molecule is CC(C=O)/C=C/Sc1nc2ccccc2s1. The van der Waals surface area contributed by atoms with E-state index in [1.54, 1.807) is 23.1 Å². The van der Waals surface area contributed by atoms with E-state index in [9.17, 15) is 4.79 Å². The number of benzene rings is 1. The van der Waals surface area contributed by atoms with Crippen molar-refractivity contribution in [3.8, 4) is 0 Å². The van der Waals surface area contributed by atoms with Crippen molar-refractivity contribution in [3.63, 3.8) is 0 Å². The Morgan fingerprint density at radius 3 is 3.00 bits per heavy atom. The van der Waals surface area contributed by atoms with Gasteiger partial charge >= 0.3 is 0 Å². The number of aldehydes is 1. The first-order valence-corrected chi connectivity index (χ1v) is 6.63. The van der Waals surface area contributed by atoms with Gasteiger partial charge in [0.05, 0.1) is 10.2 Å². The number of allylic oxidation sites excluding steroid dienone is 1. The van der Waals surface area contributed by atoms with Crippen LogP contribution < -0.4 is 0 Å². The molecule has 1 heterocycles. The van der Waals surface area contributed by atoms with Crippen LogP contribution in [-0.4, -0.2) is 11.3 Å². The zero-order valence-corrected chi connectivity index (χ0v) is 10.4. The van der Waals surface area contributed by atoms with Gasteiger partial charge in [-0.1, -0.05) is 36.9 Å². The van der Waals surface area contributed by atoms with Crippen LogP contribution >= 0.6 is 23.1 Å². The van der Waals surface area contributed by atoms with Crippen LogP contribution in [-0.2, 0) is 4.79 Å². The third-order valence-electron chi connectivity index (χ3n) is 2.04. The van der Waals surface area contributed by atoms with E-state index < -0.39 is 0 Å². The van der Waals surface area contributed by atoms with Gasteiger partial charge in [0.1, 0.15) is 6.29 Å². The molecule has 1 unspecified atom stereocenters. The Morgan fingerprint density at radius 2 is 2.25 bits per heavy atom. The lowest BCUT2D eigenvalue weighted by Crippen LogP contribution is -1.87. The molecular formula is C12H11NOS2. The minimum atomic E-state index is -0.0260. The van der Waals surface area contributed by atoms with Gasteiger partial charge in [-0.25, -0.2) is 4.98 Å². The average molecular weight is 249 g/mol. The number of fused-ring (bicyclic) bond motifs is 1. The fraction of sp³-hybridized carbons (Fsp3) is 0.167. The number of hydrogen-bond donors (Lipinski definition) is 0. The molecule has 0 radical (unpaired) electrons. The second-order valence-corrected chi connectivity index (χ2v) is 5.57. The molecule has 1 atom stereocenters. The fourth-order valence-corrected chi connectivity index (χ4v) is 3.09. The Bertz CT molecular complexity index is 485. The third kappa shape index (κ3) is 2.71. The lowest BCUT2D eigenvalue weighted by Gasteiger charge is -1.90. The van der Waals surface area contributed by atoms with E-state index in [4.69, 9.17) is 0 Å². The highest BCUT2D eigenvalue weighted by Gasteiger charge is 2.01. The molecule has 0 aliphatic rings. The van der Waals surface area contributed by atoms with Gasteiger partial charge in [0.2, 0.25) is 0 Å². The number of carbonyl (C=O) groups is 1. The van der Waals surface area contributed by atoms with Crippen molar-refractivity contribution in [1.82, 2.24) is 4.98 Å². The largest absolute Gasteiger partial charge is 0.303 e. The maximum atomic E-state index is 10.4. The monoisotopic (exact) mass is 249 g/mol. The predicted molar refractivity (Wildman–Crippen MR) is 69.8 cm³/mol. The summed E-state index contributed by atoms with van der Waals surface area (Å²) in [5.74, 6) is -0.0260. The van der Waals surface area contributed by atoms with E-state index in [0.29, 0.717) is 0 Å². The van der Waals surface area contributed by atoms with E-state index in [0.717, 1.165) is 16.1 Å². The quantitative estimate of drug-likeness (QED) is 0.611. The van der Waals surface area contributed by atoms with Crippen molar-refractivity contribution in [2.45, 2.75) is 11.3 Å². The highest BCUT2D eigenvalue weighted by Crippen LogP contribution is 2.29. The summed E-state index contributed by atoms with van der Waals surface area (Å²) in [7, 11) is 0. The summed E-state index contributed by atoms with van der Waals surface area (Å²) in [6, 6.07) is 8.07. The number of thiazole rings is 1. The topological polar surface area (TPSA) is 30.0 Å². The van der Waals surface area contributed by atoms with Gasteiger partial charge in [0.25, 0.3) is 0 Å². The zero-order chi connectivity index (χ0) is 11.4. The van der Waals surface area contributed by atoms with E-state index in [1.807, 2.05) is 36.6 Å². The Morgan fingerprint density at radius 1 is 1.44 bits per heavy atom. The summed E-state index contributed by atoms with van der Waals surface area (Å²) in [6.07, 6.45) is 2.80. The molecule has 0 aliphatic heterocycles. The van der Waals surface area contributed by atoms with Crippen molar-refractivity contribution in [2.75, 3.05) is 0 Å². The van der Waals surface area contributed by atoms with E-state index in [-0.39, 0.29) is 5.92 Å². The first-order chi connectivity index (χ1) is 7.79. The molecule has 4 heteroatoms. The second-order valence-electron chi connectivity index (χ2n) is 3.39. The van der Waals surface area contributed by atoms with Gasteiger partial charge in [0, 0.05) is 5.92 Å². The highest BCUT2D eigenvalue weighted by molar-refractivity contribution is 8.03. The Labute approximate surface area is 102 Å². The van der Waals surface area contributed by atoms with Gasteiger partial charge in [-0.3, -0.25) is 0 Å². The van der Waals surface area contributed by atoms with E-state index in [1.165, 1.54) is 4.70 Å². The molecule has 82 valence electrons. The van der Waals surface area contributed by atoms with Crippen molar-refractivity contribution in [1.29, 1.82) is 0 Å². The molecule has 0 aliphatic carbocycles. The minimum Gasteiger partial charge on any atom is -0.303 e. The van der Waals surface area contributed by atoms with Crippen LogP contribution in [0.4, 0.5) is 0 Å². The highest BCUT2D eigenvalue weighted by atomic mass is 32.2. The van der Waals surface area contributed by atoms with Gasteiger partial charge < -0.3 is 4.79 Å². The molecule has 1 aromatic carbocycles. The number of hydrogen-bond acceptors (Lipinski definition) is 4. The van der Waals surface area contributed by atoms with Crippen LogP contribution in [0.15, 0.2) is 40.1 Å². The van der Waals surface area contributed by atoms with Crippen molar-refractivity contribution in [3.05, 3.63) is 35.7 Å². The van der Waals surface area contributed by atoms with Crippen molar-refractivity contribution >= 4 is 39.6 Å². The number of carbonyl (C=O) groups excluding carboxylic acids is 1. The maximum absolute atomic E-state index is 10.4. The van der Waals surface area contributed by atoms with Gasteiger partial charge in [-0.2, -0.15) is 0 Å². The Kier molecular flexibility index (Phi) is 3.74. The van der Waals surface area contributed by atoms with Crippen LogP contribution in [0, 0.1) is 5.92 Å². The molecule has 0 saturated heterocycles. The molecule has 0 bridgehead atoms. The van der Waals surface area contributed by atoms with Crippen LogP contribution in [0.2, 0.25) is 0 Å². The van der Waals surface area contributed by atoms with Crippen LogP contribution in [0.5, 0.6) is 0 Å². The van der Waals surface area contributed by atoms with Crippen LogP contribution in [0.3, 0.4) is 0 Å². The maximum Gasteiger partial charge on any atom is 0.155 e. The van der Waals surface area contributed by atoms with Gasteiger partial charge in [0.15, 0.2) is 4.34 Å². The number of thioether (sulfide) groups is 1. The average Bonchev–Trinajstić information content (AvgIpc) is 2.71. The van der Waals surface area contributed by atoms with Crippen LogP contribution in [0.25, 0.3) is 10.2 Å². The Balaban J connectivity index is 2.10. The molecule has 0 amide bonds. The zero-order valence-electron chi connectivity index (χ0n) is 8.79. The normalized spacial score (nSPS) is 13.3. The summed E-state index contributed by atoms with van der Waals surface area (Å²) in [6.45, 7) is 1.86. The number of aromatic nitrogens is 1.